The van der Waals surface area contributed by atoms with Gasteiger partial charge in [-0.3, -0.25) is 24.3 Å². The molecule has 1 aliphatic heterocycles. The maximum atomic E-state index is 12.1. The molecule has 1 aromatic rings. The highest BCUT2D eigenvalue weighted by atomic mass is 16.4. The molecule has 0 bridgehead atoms. The van der Waals surface area contributed by atoms with Gasteiger partial charge in [0.2, 0.25) is 0 Å². The number of amides is 2. The summed E-state index contributed by atoms with van der Waals surface area (Å²) >= 11 is 0. The van der Waals surface area contributed by atoms with Crippen LogP contribution in [0.25, 0.3) is 0 Å². The zero-order valence-corrected chi connectivity index (χ0v) is 10.5. The molecule has 1 aliphatic rings. The normalized spacial score (nSPS) is 15.5. The third-order valence-electron chi connectivity index (χ3n) is 3.13. The molecule has 1 aromatic heterocycles. The number of hydrogen-bond donors (Lipinski definition) is 1. The van der Waals surface area contributed by atoms with Crippen molar-refractivity contribution >= 4 is 17.8 Å². The second-order valence-electron chi connectivity index (χ2n) is 4.51. The van der Waals surface area contributed by atoms with Gasteiger partial charge in [0.1, 0.15) is 5.69 Å². The number of nitrogens with zero attached hydrogens (tertiary/aromatic N) is 2. The van der Waals surface area contributed by atoms with Crippen LogP contribution in [0.5, 0.6) is 0 Å². The van der Waals surface area contributed by atoms with Crippen molar-refractivity contribution in [3.63, 3.8) is 0 Å². The molecule has 0 aliphatic carbocycles. The Morgan fingerprint density at radius 3 is 2.79 bits per heavy atom. The first-order chi connectivity index (χ1) is 9.02. The second kappa shape index (κ2) is 5.17. The Balaban J connectivity index is 2.09. The maximum Gasteiger partial charge on any atom is 0.303 e. The van der Waals surface area contributed by atoms with E-state index in [0.29, 0.717) is 18.4 Å². The summed E-state index contributed by atoms with van der Waals surface area (Å²) in [7, 11) is 0. The van der Waals surface area contributed by atoms with Crippen LogP contribution < -0.4 is 0 Å². The van der Waals surface area contributed by atoms with Gasteiger partial charge in [-0.1, -0.05) is 0 Å². The molecule has 0 radical (unpaired) electrons. The molecule has 1 unspecified atom stereocenters. The molecule has 1 N–H and O–H groups in total. The van der Waals surface area contributed by atoms with E-state index in [4.69, 9.17) is 5.11 Å². The molecule has 0 aromatic carbocycles. The first-order valence-corrected chi connectivity index (χ1v) is 6.07. The Morgan fingerprint density at radius 2 is 2.16 bits per heavy atom. The highest BCUT2D eigenvalue weighted by Gasteiger charge is 2.39. The fraction of sp³-hybridized carbons (Fsp3) is 0.385. The van der Waals surface area contributed by atoms with Crippen LogP contribution in [0.15, 0.2) is 18.3 Å². The van der Waals surface area contributed by atoms with Gasteiger partial charge in [0.25, 0.3) is 11.8 Å². The van der Waals surface area contributed by atoms with Gasteiger partial charge in [-0.25, -0.2) is 0 Å². The van der Waals surface area contributed by atoms with Crippen LogP contribution in [0.3, 0.4) is 0 Å². The number of hydrogen-bond acceptors (Lipinski definition) is 4. The van der Waals surface area contributed by atoms with Gasteiger partial charge >= 0.3 is 5.97 Å². The molecule has 19 heavy (non-hydrogen) atoms. The Morgan fingerprint density at radius 1 is 1.42 bits per heavy atom. The van der Waals surface area contributed by atoms with Crippen molar-refractivity contribution in [2.75, 3.05) is 0 Å². The molecule has 100 valence electrons. The number of carbonyl (C=O) groups excluding carboxylic acids is 2. The van der Waals surface area contributed by atoms with Crippen LogP contribution in [-0.2, 0) is 4.79 Å². The lowest BCUT2D eigenvalue weighted by atomic mass is 10.1. The van der Waals surface area contributed by atoms with E-state index in [1.165, 1.54) is 11.1 Å². The van der Waals surface area contributed by atoms with E-state index in [1.807, 2.05) is 0 Å². The summed E-state index contributed by atoms with van der Waals surface area (Å²) in [6.07, 6.45) is 2.41. The summed E-state index contributed by atoms with van der Waals surface area (Å²) in [5.41, 5.74) is 0.496. The van der Waals surface area contributed by atoms with E-state index in [2.05, 4.69) is 4.98 Å². The largest absolute Gasteiger partial charge is 0.481 e. The lowest BCUT2D eigenvalue weighted by Gasteiger charge is -2.21. The van der Waals surface area contributed by atoms with Crippen molar-refractivity contribution < 1.29 is 19.5 Å². The van der Waals surface area contributed by atoms with Gasteiger partial charge in [-0.2, -0.15) is 0 Å². The molecule has 2 rings (SSSR count). The standard InChI is InChI=1S/C13H14N2O4/c1-8(4-2-6-10(16)17)15-12(18)9-5-3-7-14-11(9)13(15)19/h3,5,7-8H,2,4,6H2,1H3,(H,16,17). The topological polar surface area (TPSA) is 87.6 Å². The predicted molar refractivity (Wildman–Crippen MR) is 65.7 cm³/mol. The van der Waals surface area contributed by atoms with Crippen LogP contribution in [0.4, 0.5) is 0 Å². The zero-order chi connectivity index (χ0) is 14.0. The molecule has 2 heterocycles. The number of imide groups is 1. The first-order valence-electron chi connectivity index (χ1n) is 6.07. The Labute approximate surface area is 110 Å². The van der Waals surface area contributed by atoms with Gasteiger partial charge < -0.3 is 5.11 Å². The number of carboxylic acid groups (broad SMARTS) is 1. The minimum atomic E-state index is -0.878. The Bertz CT molecular complexity index is 506. The average molecular weight is 262 g/mol. The molecule has 2 amide bonds. The third-order valence-corrected chi connectivity index (χ3v) is 3.13. The average Bonchev–Trinajstić information content (AvgIpc) is 2.62. The van der Waals surface area contributed by atoms with E-state index >= 15 is 0 Å². The third kappa shape index (κ3) is 2.47. The van der Waals surface area contributed by atoms with Crippen molar-refractivity contribution in [3.05, 3.63) is 29.6 Å². The SMILES string of the molecule is CC(CCCC(=O)O)N1C(=O)c2cccnc2C1=O. The molecular formula is C13H14N2O4. The lowest BCUT2D eigenvalue weighted by Crippen LogP contribution is -2.38. The summed E-state index contributed by atoms with van der Waals surface area (Å²) in [5, 5.41) is 8.58. The van der Waals surface area contributed by atoms with Crippen LogP contribution in [-0.4, -0.2) is 38.8 Å². The second-order valence-corrected chi connectivity index (χ2v) is 4.51. The van der Waals surface area contributed by atoms with E-state index in [0.717, 1.165) is 0 Å². The Kier molecular flexibility index (Phi) is 3.59. The monoisotopic (exact) mass is 262 g/mol. The van der Waals surface area contributed by atoms with Gasteiger partial charge in [0.15, 0.2) is 0 Å². The van der Waals surface area contributed by atoms with Crippen LogP contribution in [0.1, 0.15) is 47.0 Å². The minimum absolute atomic E-state index is 0.0335. The van der Waals surface area contributed by atoms with Gasteiger partial charge in [0.05, 0.1) is 5.56 Å². The molecular weight excluding hydrogens is 248 g/mol. The van der Waals surface area contributed by atoms with Crippen LogP contribution in [0.2, 0.25) is 0 Å². The van der Waals surface area contributed by atoms with Crippen molar-refractivity contribution in [1.82, 2.24) is 9.88 Å². The smallest absolute Gasteiger partial charge is 0.303 e. The molecule has 0 saturated carbocycles. The van der Waals surface area contributed by atoms with Crippen LogP contribution in [0, 0.1) is 0 Å². The molecule has 6 heteroatoms. The van der Waals surface area contributed by atoms with Gasteiger partial charge in [-0.15, -0.1) is 0 Å². The lowest BCUT2D eigenvalue weighted by molar-refractivity contribution is -0.137. The van der Waals surface area contributed by atoms with E-state index in [9.17, 15) is 14.4 Å². The highest BCUT2D eigenvalue weighted by Crippen LogP contribution is 2.24. The van der Waals surface area contributed by atoms with Crippen molar-refractivity contribution in [2.45, 2.75) is 32.2 Å². The zero-order valence-electron chi connectivity index (χ0n) is 10.5. The van der Waals surface area contributed by atoms with Gasteiger partial charge in [0, 0.05) is 18.7 Å². The van der Waals surface area contributed by atoms with Crippen molar-refractivity contribution in [3.8, 4) is 0 Å². The van der Waals surface area contributed by atoms with E-state index in [1.54, 1.807) is 19.1 Å². The van der Waals surface area contributed by atoms with E-state index < -0.39 is 11.9 Å². The number of fused-ring (bicyclic) bond motifs is 1. The number of aliphatic carboxylic acids is 1. The van der Waals surface area contributed by atoms with E-state index in [-0.39, 0.29) is 24.1 Å². The molecule has 0 spiro atoms. The molecule has 0 fully saturated rings. The molecule has 1 atom stereocenters. The predicted octanol–water partition coefficient (Wildman–Crippen LogP) is 1.32. The summed E-state index contributed by atoms with van der Waals surface area (Å²) in [5.74, 6) is -1.63. The number of carboxylic acids is 1. The first kappa shape index (κ1) is 13.2. The molecule has 6 nitrogen and oxygen atoms in total. The quantitative estimate of drug-likeness (QED) is 0.808. The Hall–Kier alpha value is -2.24. The summed E-state index contributed by atoms with van der Waals surface area (Å²) < 4.78 is 0. The fourth-order valence-electron chi connectivity index (χ4n) is 2.16. The van der Waals surface area contributed by atoms with Crippen molar-refractivity contribution in [1.29, 1.82) is 0 Å². The summed E-state index contributed by atoms with van der Waals surface area (Å²) in [6.45, 7) is 1.74. The molecule has 0 saturated heterocycles. The van der Waals surface area contributed by atoms with Gasteiger partial charge in [-0.05, 0) is 31.9 Å². The number of carbonyl (C=O) groups is 3. The maximum absolute atomic E-state index is 12.1. The minimum Gasteiger partial charge on any atom is -0.481 e. The summed E-state index contributed by atoms with van der Waals surface area (Å²) in [4.78, 5) is 39.7. The number of pyridine rings is 1. The fourth-order valence-corrected chi connectivity index (χ4v) is 2.16. The van der Waals surface area contributed by atoms with Crippen molar-refractivity contribution in [2.24, 2.45) is 0 Å². The summed E-state index contributed by atoms with van der Waals surface area (Å²) in [6, 6.07) is 2.86. The number of rotatable bonds is 5. The highest BCUT2D eigenvalue weighted by molar-refractivity contribution is 6.20. The number of aromatic nitrogens is 1. The van der Waals surface area contributed by atoms with Crippen LogP contribution >= 0.6 is 0 Å².